The lowest BCUT2D eigenvalue weighted by atomic mass is 9.60. The second-order valence-electron chi connectivity index (χ2n) is 6.84. The molecule has 1 aromatic rings. The summed E-state index contributed by atoms with van der Waals surface area (Å²) in [4.78, 5) is 16.3. The monoisotopic (exact) mass is 308 g/mol. The summed E-state index contributed by atoms with van der Waals surface area (Å²) in [6.07, 6.45) is 1.87. The van der Waals surface area contributed by atoms with Crippen molar-refractivity contribution in [1.82, 2.24) is 4.90 Å². The third-order valence-electron chi connectivity index (χ3n) is 5.42. The van der Waals surface area contributed by atoms with E-state index in [0.717, 1.165) is 25.9 Å². The average molecular weight is 308 g/mol. The van der Waals surface area contributed by atoms with Gasteiger partial charge in [-0.3, -0.25) is 4.79 Å². The van der Waals surface area contributed by atoms with Crippen molar-refractivity contribution >= 4 is 17.2 Å². The lowest BCUT2D eigenvalue weighted by molar-refractivity contribution is -0.143. The fourth-order valence-corrected chi connectivity index (χ4v) is 4.17. The van der Waals surface area contributed by atoms with Gasteiger partial charge in [0.25, 0.3) is 0 Å². The van der Waals surface area contributed by atoms with Crippen LogP contribution in [0.4, 0.5) is 0 Å². The number of hydrogen-bond acceptors (Lipinski definition) is 3. The predicted molar refractivity (Wildman–Crippen MR) is 89.1 cm³/mol. The molecule has 0 saturated heterocycles. The molecule has 0 radical (unpaired) electrons. The molecule has 0 spiro atoms. The highest BCUT2D eigenvalue weighted by Gasteiger charge is 2.46. The Morgan fingerprint density at radius 3 is 2.76 bits per heavy atom. The molecule has 118 valence electrons. The zero-order valence-electron chi connectivity index (χ0n) is 13.6. The molecule has 3 atom stereocenters. The lowest BCUT2D eigenvalue weighted by Gasteiger charge is -2.47. The van der Waals surface area contributed by atoms with E-state index >= 15 is 0 Å². The minimum atomic E-state index is -0.0301. The second-order valence-corrected chi connectivity index (χ2v) is 7.87. The quantitative estimate of drug-likeness (QED) is 0.925. The van der Waals surface area contributed by atoms with E-state index in [9.17, 15) is 4.79 Å². The molecule has 3 unspecified atom stereocenters. The first-order valence-corrected chi connectivity index (χ1v) is 8.82. The molecule has 1 saturated carbocycles. The molecule has 0 aromatic carbocycles. The minimum absolute atomic E-state index is 0.0301. The molecule has 21 heavy (non-hydrogen) atoms. The summed E-state index contributed by atoms with van der Waals surface area (Å²) in [5.41, 5.74) is 6.18. The van der Waals surface area contributed by atoms with Gasteiger partial charge in [-0.1, -0.05) is 26.8 Å². The standard InChI is InChI=1S/C17H28N2OS/c1-5-19(11-13-7-6-10-21-13)16(20)14-8-9-15(18)12(2)17(14,3)4/h6-7,10,12,14-15H,5,8-9,11,18H2,1-4H3. The average Bonchev–Trinajstić information content (AvgIpc) is 2.94. The van der Waals surface area contributed by atoms with Gasteiger partial charge in [-0.15, -0.1) is 11.3 Å². The SMILES string of the molecule is CCN(Cc1cccs1)C(=O)C1CCC(N)C(C)C1(C)C. The number of carbonyl (C=O) groups is 1. The molecule has 0 bridgehead atoms. The molecule has 1 aliphatic rings. The maximum Gasteiger partial charge on any atom is 0.226 e. The maximum atomic E-state index is 13.0. The van der Waals surface area contributed by atoms with Crippen molar-refractivity contribution in [3.63, 3.8) is 0 Å². The van der Waals surface area contributed by atoms with E-state index in [1.807, 2.05) is 11.0 Å². The maximum absolute atomic E-state index is 13.0. The molecule has 0 aliphatic heterocycles. The first-order chi connectivity index (χ1) is 9.87. The zero-order chi connectivity index (χ0) is 15.6. The number of thiophene rings is 1. The largest absolute Gasteiger partial charge is 0.338 e. The summed E-state index contributed by atoms with van der Waals surface area (Å²) in [6, 6.07) is 4.37. The number of rotatable bonds is 4. The van der Waals surface area contributed by atoms with Crippen LogP contribution in [0.3, 0.4) is 0 Å². The fraction of sp³-hybridized carbons (Fsp3) is 0.706. The molecule has 1 fully saturated rings. The van der Waals surface area contributed by atoms with Crippen LogP contribution < -0.4 is 5.73 Å². The van der Waals surface area contributed by atoms with Gasteiger partial charge < -0.3 is 10.6 Å². The van der Waals surface area contributed by atoms with Crippen LogP contribution >= 0.6 is 11.3 Å². The molecule has 4 heteroatoms. The van der Waals surface area contributed by atoms with Gasteiger partial charge in [0.1, 0.15) is 0 Å². The third-order valence-corrected chi connectivity index (χ3v) is 6.28. The van der Waals surface area contributed by atoms with Crippen LogP contribution in [0.1, 0.15) is 45.4 Å². The number of nitrogens with zero attached hydrogens (tertiary/aromatic N) is 1. The highest BCUT2D eigenvalue weighted by atomic mass is 32.1. The van der Waals surface area contributed by atoms with Crippen LogP contribution in [0.15, 0.2) is 17.5 Å². The highest BCUT2D eigenvalue weighted by Crippen LogP contribution is 2.45. The van der Waals surface area contributed by atoms with Crippen molar-refractivity contribution in [2.24, 2.45) is 23.0 Å². The molecule has 1 heterocycles. The van der Waals surface area contributed by atoms with Crippen LogP contribution in [0.2, 0.25) is 0 Å². The third kappa shape index (κ3) is 3.32. The van der Waals surface area contributed by atoms with Crippen LogP contribution in [0.25, 0.3) is 0 Å². The first-order valence-electron chi connectivity index (χ1n) is 7.94. The van der Waals surface area contributed by atoms with Crippen molar-refractivity contribution in [2.75, 3.05) is 6.54 Å². The van der Waals surface area contributed by atoms with Gasteiger partial charge in [0, 0.05) is 23.4 Å². The Balaban J connectivity index is 2.13. The van der Waals surface area contributed by atoms with Gasteiger partial charge >= 0.3 is 0 Å². The van der Waals surface area contributed by atoms with Crippen molar-refractivity contribution < 1.29 is 4.79 Å². The van der Waals surface area contributed by atoms with E-state index in [4.69, 9.17) is 5.73 Å². The Labute approximate surface area is 132 Å². The van der Waals surface area contributed by atoms with Crippen molar-refractivity contribution in [3.05, 3.63) is 22.4 Å². The van der Waals surface area contributed by atoms with E-state index in [1.165, 1.54) is 4.88 Å². The van der Waals surface area contributed by atoms with Crippen molar-refractivity contribution in [2.45, 2.75) is 53.1 Å². The smallest absolute Gasteiger partial charge is 0.226 e. The van der Waals surface area contributed by atoms with E-state index in [0.29, 0.717) is 11.8 Å². The topological polar surface area (TPSA) is 46.3 Å². The Morgan fingerprint density at radius 2 is 2.19 bits per heavy atom. The molecular formula is C17H28N2OS. The van der Waals surface area contributed by atoms with Gasteiger partial charge in [0.15, 0.2) is 0 Å². The van der Waals surface area contributed by atoms with Crippen LogP contribution in [0.5, 0.6) is 0 Å². The molecule has 1 amide bonds. The van der Waals surface area contributed by atoms with Crippen LogP contribution in [0, 0.1) is 17.3 Å². The Morgan fingerprint density at radius 1 is 1.48 bits per heavy atom. The fourth-order valence-electron chi connectivity index (χ4n) is 3.45. The van der Waals surface area contributed by atoms with Crippen molar-refractivity contribution in [3.8, 4) is 0 Å². The Hall–Kier alpha value is -0.870. The highest BCUT2D eigenvalue weighted by molar-refractivity contribution is 7.09. The van der Waals surface area contributed by atoms with Crippen LogP contribution in [-0.4, -0.2) is 23.4 Å². The molecular weight excluding hydrogens is 280 g/mol. The summed E-state index contributed by atoms with van der Waals surface area (Å²) in [5, 5.41) is 2.07. The number of amides is 1. The van der Waals surface area contributed by atoms with E-state index in [1.54, 1.807) is 11.3 Å². The molecule has 2 rings (SSSR count). The Kier molecular flexibility index (Phi) is 5.10. The molecule has 1 aliphatic carbocycles. The molecule has 1 aromatic heterocycles. The van der Waals surface area contributed by atoms with E-state index in [-0.39, 0.29) is 17.4 Å². The minimum Gasteiger partial charge on any atom is -0.338 e. The number of hydrogen-bond donors (Lipinski definition) is 1. The van der Waals surface area contributed by atoms with Gasteiger partial charge in [0.05, 0.1) is 6.54 Å². The van der Waals surface area contributed by atoms with Gasteiger partial charge in [-0.2, -0.15) is 0 Å². The van der Waals surface area contributed by atoms with Gasteiger partial charge in [0.2, 0.25) is 5.91 Å². The summed E-state index contributed by atoms with van der Waals surface area (Å²) in [7, 11) is 0. The van der Waals surface area contributed by atoms with Gasteiger partial charge in [-0.05, 0) is 42.5 Å². The first kappa shape index (κ1) is 16.5. The number of carbonyl (C=O) groups excluding carboxylic acids is 1. The second kappa shape index (κ2) is 6.49. The zero-order valence-corrected chi connectivity index (χ0v) is 14.5. The molecule has 2 N–H and O–H groups in total. The van der Waals surface area contributed by atoms with E-state index < -0.39 is 0 Å². The summed E-state index contributed by atoms with van der Waals surface area (Å²) in [6.45, 7) is 10.2. The molecule has 3 nitrogen and oxygen atoms in total. The summed E-state index contributed by atoms with van der Waals surface area (Å²) >= 11 is 1.72. The van der Waals surface area contributed by atoms with Gasteiger partial charge in [-0.25, -0.2) is 0 Å². The number of nitrogens with two attached hydrogens (primary N) is 1. The Bertz CT molecular complexity index is 469. The van der Waals surface area contributed by atoms with Crippen molar-refractivity contribution in [1.29, 1.82) is 0 Å². The van der Waals surface area contributed by atoms with Crippen LogP contribution in [-0.2, 0) is 11.3 Å². The normalized spacial score (nSPS) is 28.3. The summed E-state index contributed by atoms with van der Waals surface area (Å²) in [5.74, 6) is 0.766. The predicted octanol–water partition coefficient (Wildman–Crippen LogP) is 3.50. The van der Waals surface area contributed by atoms with E-state index in [2.05, 4.69) is 39.1 Å². The summed E-state index contributed by atoms with van der Waals surface area (Å²) < 4.78 is 0. The lowest BCUT2D eigenvalue weighted by Crippen LogP contribution is -2.52.